The van der Waals surface area contributed by atoms with Crippen LogP contribution >= 0.6 is 12.6 Å². The minimum atomic E-state index is 0.295. The van der Waals surface area contributed by atoms with E-state index < -0.39 is 0 Å². The molecule has 0 saturated heterocycles. The van der Waals surface area contributed by atoms with Crippen molar-refractivity contribution in [3.8, 4) is 28.6 Å². The fourth-order valence-electron chi connectivity index (χ4n) is 2.06. The van der Waals surface area contributed by atoms with E-state index in [0.29, 0.717) is 23.6 Å². The van der Waals surface area contributed by atoms with Crippen LogP contribution in [0.5, 0.6) is 5.75 Å². The highest BCUT2D eigenvalue weighted by Crippen LogP contribution is 2.30. The first-order valence-electron chi connectivity index (χ1n) is 7.38. The van der Waals surface area contributed by atoms with Gasteiger partial charge >= 0.3 is 0 Å². The maximum atomic E-state index is 5.83. The first kappa shape index (κ1) is 15.6. The maximum absolute atomic E-state index is 5.83. The second-order valence-corrected chi connectivity index (χ2v) is 6.02. The Hall–Kier alpha value is -2.34. The van der Waals surface area contributed by atoms with E-state index >= 15 is 0 Å². The molecule has 2 aromatic heterocycles. The van der Waals surface area contributed by atoms with Crippen LogP contribution in [0.2, 0.25) is 0 Å². The van der Waals surface area contributed by atoms with Crippen molar-refractivity contribution in [2.75, 3.05) is 6.61 Å². The van der Waals surface area contributed by atoms with Crippen molar-refractivity contribution in [2.45, 2.75) is 18.6 Å². The lowest BCUT2D eigenvalue weighted by atomic mass is 10.2. The largest absolute Gasteiger partial charge is 0.493 e. The third-order valence-electron chi connectivity index (χ3n) is 3.28. The molecule has 118 valence electrons. The number of rotatable bonds is 6. The Morgan fingerprint density at radius 2 is 1.96 bits per heavy atom. The van der Waals surface area contributed by atoms with Crippen molar-refractivity contribution >= 4 is 12.6 Å². The summed E-state index contributed by atoms with van der Waals surface area (Å²) in [5.74, 6) is 1.69. The fourth-order valence-corrected chi connectivity index (χ4v) is 2.17. The van der Waals surface area contributed by atoms with Crippen molar-refractivity contribution in [3.05, 3.63) is 48.8 Å². The number of pyridine rings is 1. The number of para-hydroxylation sites is 1. The van der Waals surface area contributed by atoms with Crippen molar-refractivity contribution < 1.29 is 9.26 Å². The smallest absolute Gasteiger partial charge is 0.262 e. The molecular formula is C17H17N3O2S. The molecule has 0 fully saturated rings. The lowest BCUT2D eigenvalue weighted by Crippen LogP contribution is -2.04. The quantitative estimate of drug-likeness (QED) is 0.696. The van der Waals surface area contributed by atoms with E-state index in [4.69, 9.17) is 9.26 Å². The van der Waals surface area contributed by atoms with Crippen molar-refractivity contribution in [1.29, 1.82) is 0 Å². The molecule has 0 bridgehead atoms. The van der Waals surface area contributed by atoms with Crippen molar-refractivity contribution in [2.24, 2.45) is 0 Å². The summed E-state index contributed by atoms with van der Waals surface area (Å²) in [5.41, 5.74) is 1.64. The average molecular weight is 327 g/mol. The molecule has 23 heavy (non-hydrogen) atoms. The molecule has 0 aliphatic rings. The van der Waals surface area contributed by atoms with E-state index in [1.165, 1.54) is 0 Å². The second kappa shape index (κ2) is 7.28. The van der Waals surface area contributed by atoms with Crippen LogP contribution in [0.1, 0.15) is 13.3 Å². The molecule has 0 spiro atoms. The van der Waals surface area contributed by atoms with Crippen LogP contribution in [-0.2, 0) is 0 Å². The van der Waals surface area contributed by atoms with Crippen molar-refractivity contribution in [3.63, 3.8) is 0 Å². The van der Waals surface area contributed by atoms with Gasteiger partial charge in [-0.05, 0) is 30.7 Å². The summed E-state index contributed by atoms with van der Waals surface area (Å²) in [6, 6.07) is 11.3. The highest BCUT2D eigenvalue weighted by atomic mass is 32.1. The molecule has 0 aliphatic heterocycles. The number of hydrogen-bond donors (Lipinski definition) is 1. The van der Waals surface area contributed by atoms with Gasteiger partial charge in [-0.3, -0.25) is 4.98 Å². The molecule has 0 amide bonds. The van der Waals surface area contributed by atoms with E-state index in [0.717, 1.165) is 23.3 Å². The molecule has 0 saturated carbocycles. The Bertz CT molecular complexity index is 759. The van der Waals surface area contributed by atoms with Crippen LogP contribution in [0.15, 0.2) is 53.3 Å². The average Bonchev–Trinajstić information content (AvgIpc) is 3.06. The van der Waals surface area contributed by atoms with Crippen LogP contribution in [0.3, 0.4) is 0 Å². The number of aromatic nitrogens is 3. The third-order valence-corrected chi connectivity index (χ3v) is 3.53. The molecule has 3 rings (SSSR count). The minimum Gasteiger partial charge on any atom is -0.493 e. The minimum absolute atomic E-state index is 0.295. The zero-order valence-corrected chi connectivity index (χ0v) is 13.6. The lowest BCUT2D eigenvalue weighted by molar-refractivity contribution is 0.311. The summed E-state index contributed by atoms with van der Waals surface area (Å²) < 4.78 is 11.2. The van der Waals surface area contributed by atoms with Gasteiger partial charge in [0.05, 0.1) is 12.2 Å². The number of ether oxygens (including phenoxy) is 1. The highest BCUT2D eigenvalue weighted by molar-refractivity contribution is 7.80. The number of nitrogens with zero attached hydrogens (tertiary/aromatic N) is 3. The van der Waals surface area contributed by atoms with E-state index in [9.17, 15) is 0 Å². The Morgan fingerprint density at radius 3 is 2.74 bits per heavy atom. The molecule has 1 aromatic carbocycles. The molecule has 1 atom stereocenters. The molecule has 6 heteroatoms. The molecule has 0 aliphatic carbocycles. The zero-order chi connectivity index (χ0) is 16.1. The summed E-state index contributed by atoms with van der Waals surface area (Å²) in [6.07, 6.45) is 4.26. The first-order valence-corrected chi connectivity index (χ1v) is 7.90. The van der Waals surface area contributed by atoms with Crippen LogP contribution < -0.4 is 4.74 Å². The van der Waals surface area contributed by atoms with Gasteiger partial charge in [-0.25, -0.2) is 0 Å². The second-order valence-electron chi connectivity index (χ2n) is 5.14. The van der Waals surface area contributed by atoms with Crippen LogP contribution in [-0.4, -0.2) is 27.0 Å². The number of thiol groups is 1. The van der Waals surface area contributed by atoms with Crippen LogP contribution in [0.4, 0.5) is 0 Å². The molecule has 0 N–H and O–H groups in total. The fraction of sp³-hybridized carbons (Fsp3) is 0.235. The summed E-state index contributed by atoms with van der Waals surface area (Å²) in [7, 11) is 0. The summed E-state index contributed by atoms with van der Waals surface area (Å²) in [4.78, 5) is 8.44. The first-order chi connectivity index (χ1) is 11.2. The highest BCUT2D eigenvalue weighted by Gasteiger charge is 2.14. The van der Waals surface area contributed by atoms with Gasteiger partial charge in [-0.15, -0.1) is 0 Å². The predicted molar refractivity (Wildman–Crippen MR) is 91.5 cm³/mol. The summed E-state index contributed by atoms with van der Waals surface area (Å²) in [5, 5.41) is 4.33. The van der Waals surface area contributed by atoms with Gasteiger partial charge in [0.2, 0.25) is 5.82 Å². The molecule has 5 nitrogen and oxygen atoms in total. The normalized spacial score (nSPS) is 12.1. The zero-order valence-electron chi connectivity index (χ0n) is 12.7. The van der Waals surface area contributed by atoms with Gasteiger partial charge in [0.1, 0.15) is 5.75 Å². The third kappa shape index (κ3) is 3.90. The molecule has 0 radical (unpaired) electrons. The predicted octanol–water partition coefficient (Wildman–Crippen LogP) is 3.89. The van der Waals surface area contributed by atoms with E-state index in [-0.39, 0.29) is 0 Å². The monoisotopic (exact) mass is 327 g/mol. The SMILES string of the molecule is CC(S)CCOc1ccccc1-c1nc(-c2ccncc2)no1. The Balaban J connectivity index is 1.83. The topological polar surface area (TPSA) is 61.0 Å². The summed E-state index contributed by atoms with van der Waals surface area (Å²) in [6.45, 7) is 2.63. The molecule has 1 unspecified atom stereocenters. The lowest BCUT2D eigenvalue weighted by Gasteiger charge is -2.10. The Morgan fingerprint density at radius 1 is 1.17 bits per heavy atom. The summed E-state index contributed by atoms with van der Waals surface area (Å²) >= 11 is 4.36. The van der Waals surface area contributed by atoms with Gasteiger partial charge in [0.15, 0.2) is 0 Å². The number of hydrogen-bond acceptors (Lipinski definition) is 6. The standard InChI is InChI=1S/C17H17N3O2S/c1-12(23)8-11-21-15-5-3-2-4-14(15)17-19-16(20-22-17)13-6-9-18-10-7-13/h2-7,9-10,12,23H,8,11H2,1H3. The molecule has 2 heterocycles. The maximum Gasteiger partial charge on any atom is 0.262 e. The molecule has 3 aromatic rings. The van der Waals surface area contributed by atoms with Gasteiger partial charge in [-0.2, -0.15) is 17.6 Å². The van der Waals surface area contributed by atoms with Crippen LogP contribution in [0.25, 0.3) is 22.8 Å². The Labute approximate surface area is 140 Å². The van der Waals surface area contributed by atoms with Crippen LogP contribution in [0, 0.1) is 0 Å². The van der Waals surface area contributed by atoms with Gasteiger partial charge < -0.3 is 9.26 Å². The van der Waals surface area contributed by atoms with Gasteiger partial charge in [0.25, 0.3) is 5.89 Å². The Kier molecular flexibility index (Phi) is 4.92. The van der Waals surface area contributed by atoms with Gasteiger partial charge in [-0.1, -0.05) is 24.2 Å². The molecular weight excluding hydrogens is 310 g/mol. The van der Waals surface area contributed by atoms with Gasteiger partial charge in [0, 0.05) is 23.2 Å². The number of benzene rings is 1. The van der Waals surface area contributed by atoms with E-state index in [1.54, 1.807) is 12.4 Å². The van der Waals surface area contributed by atoms with E-state index in [2.05, 4.69) is 27.8 Å². The van der Waals surface area contributed by atoms with E-state index in [1.807, 2.05) is 43.3 Å². The van der Waals surface area contributed by atoms with Crippen molar-refractivity contribution in [1.82, 2.24) is 15.1 Å².